The van der Waals surface area contributed by atoms with E-state index in [9.17, 15) is 4.79 Å². The summed E-state index contributed by atoms with van der Waals surface area (Å²) in [6.07, 6.45) is 1.60. The molecule has 1 aromatic rings. The second-order valence-corrected chi connectivity index (χ2v) is 7.01. The lowest BCUT2D eigenvalue weighted by molar-refractivity contribution is -0.137. The smallest absolute Gasteiger partial charge is 0.263 e. The summed E-state index contributed by atoms with van der Waals surface area (Å²) in [6.45, 7) is 3.27. The molecule has 2 aliphatic rings. The highest BCUT2D eigenvalue weighted by Gasteiger charge is 2.43. The highest BCUT2D eigenvalue weighted by Crippen LogP contribution is 2.38. The van der Waals surface area contributed by atoms with E-state index in [1.807, 2.05) is 4.90 Å². The SMILES string of the molecule is CC(Oc1cccc(Cl)c1Cl)C(=O)N1CC2CCC(N)C2C1.Cl. The average molecular weight is 380 g/mol. The number of hydrogen-bond acceptors (Lipinski definition) is 3. The third kappa shape index (κ3) is 3.71. The molecule has 1 amide bonds. The van der Waals surface area contributed by atoms with Crippen LogP contribution < -0.4 is 10.5 Å². The van der Waals surface area contributed by atoms with Gasteiger partial charge in [-0.1, -0.05) is 29.3 Å². The van der Waals surface area contributed by atoms with Crippen LogP contribution in [0.2, 0.25) is 10.0 Å². The molecule has 1 aliphatic heterocycles. The summed E-state index contributed by atoms with van der Waals surface area (Å²) in [5.74, 6) is 1.40. The Morgan fingerprint density at radius 3 is 2.78 bits per heavy atom. The number of carbonyl (C=O) groups is 1. The maximum atomic E-state index is 12.6. The fraction of sp³-hybridized carbons (Fsp3) is 0.562. The fourth-order valence-corrected chi connectivity index (χ4v) is 3.90. The Morgan fingerprint density at radius 2 is 2.09 bits per heavy atom. The predicted molar refractivity (Wildman–Crippen MR) is 94.6 cm³/mol. The Morgan fingerprint density at radius 1 is 1.35 bits per heavy atom. The first kappa shape index (κ1) is 18.7. The van der Waals surface area contributed by atoms with Crippen LogP contribution in [0.3, 0.4) is 0 Å². The summed E-state index contributed by atoms with van der Waals surface area (Å²) >= 11 is 12.1. The normalized spacial score (nSPS) is 27.3. The van der Waals surface area contributed by atoms with Crippen molar-refractivity contribution in [2.75, 3.05) is 13.1 Å². The van der Waals surface area contributed by atoms with Gasteiger partial charge in [0.1, 0.15) is 10.8 Å². The molecule has 1 saturated carbocycles. The molecule has 2 N–H and O–H groups in total. The van der Waals surface area contributed by atoms with E-state index in [0.29, 0.717) is 27.6 Å². The Balaban J connectivity index is 0.00000192. The molecular formula is C16H21Cl3N2O2. The number of nitrogens with two attached hydrogens (primary N) is 1. The molecule has 1 heterocycles. The third-order valence-corrected chi connectivity index (χ3v) is 5.59. The van der Waals surface area contributed by atoms with E-state index in [0.717, 1.165) is 25.9 Å². The largest absolute Gasteiger partial charge is 0.479 e. The molecule has 1 aromatic carbocycles. The number of halogens is 3. The Kier molecular flexibility index (Phi) is 6.06. The maximum absolute atomic E-state index is 12.6. The number of amides is 1. The monoisotopic (exact) mass is 378 g/mol. The third-order valence-electron chi connectivity index (χ3n) is 4.79. The van der Waals surface area contributed by atoms with Gasteiger partial charge in [0.25, 0.3) is 5.91 Å². The van der Waals surface area contributed by atoms with Gasteiger partial charge in [-0.3, -0.25) is 4.79 Å². The number of fused-ring (bicyclic) bond motifs is 1. The van der Waals surface area contributed by atoms with Crippen LogP contribution in [0.5, 0.6) is 5.75 Å². The molecule has 23 heavy (non-hydrogen) atoms. The summed E-state index contributed by atoms with van der Waals surface area (Å²) in [5, 5.41) is 0.754. The van der Waals surface area contributed by atoms with Crippen LogP contribution in [-0.4, -0.2) is 36.0 Å². The van der Waals surface area contributed by atoms with Crippen LogP contribution in [-0.2, 0) is 4.79 Å². The van der Waals surface area contributed by atoms with Gasteiger partial charge in [0, 0.05) is 19.1 Å². The Bertz CT molecular complexity index is 584. The molecule has 0 bridgehead atoms. The average Bonchev–Trinajstić information content (AvgIpc) is 3.05. The predicted octanol–water partition coefficient (Wildman–Crippen LogP) is 3.38. The van der Waals surface area contributed by atoms with Crippen LogP contribution in [0.25, 0.3) is 0 Å². The Hall–Kier alpha value is -0.680. The van der Waals surface area contributed by atoms with Crippen LogP contribution in [0.15, 0.2) is 18.2 Å². The van der Waals surface area contributed by atoms with Crippen molar-refractivity contribution in [2.45, 2.75) is 31.9 Å². The molecular weight excluding hydrogens is 359 g/mol. The minimum Gasteiger partial charge on any atom is -0.479 e. The molecule has 0 spiro atoms. The number of carbonyl (C=O) groups excluding carboxylic acids is 1. The number of nitrogens with zero attached hydrogens (tertiary/aromatic N) is 1. The van der Waals surface area contributed by atoms with Crippen molar-refractivity contribution in [1.82, 2.24) is 4.90 Å². The summed E-state index contributed by atoms with van der Waals surface area (Å²) in [4.78, 5) is 14.4. The fourth-order valence-electron chi connectivity index (χ4n) is 3.56. The van der Waals surface area contributed by atoms with E-state index < -0.39 is 6.10 Å². The molecule has 4 nitrogen and oxygen atoms in total. The van der Waals surface area contributed by atoms with Crippen molar-refractivity contribution in [2.24, 2.45) is 17.6 Å². The zero-order valence-corrected chi connectivity index (χ0v) is 15.2. The van der Waals surface area contributed by atoms with Gasteiger partial charge in [0.2, 0.25) is 0 Å². The molecule has 4 atom stereocenters. The standard InChI is InChI=1S/C16H20Cl2N2O2.ClH/c1-9(22-14-4-2-3-12(17)15(14)18)16(21)20-7-10-5-6-13(19)11(10)8-20;/h2-4,9-11,13H,5-8,19H2,1H3;1H. The van der Waals surface area contributed by atoms with Crippen LogP contribution in [0.4, 0.5) is 0 Å². The molecule has 4 unspecified atom stereocenters. The van der Waals surface area contributed by atoms with Crippen molar-refractivity contribution in [1.29, 1.82) is 0 Å². The number of rotatable bonds is 3. The lowest BCUT2D eigenvalue weighted by Crippen LogP contribution is -2.40. The lowest BCUT2D eigenvalue weighted by Gasteiger charge is -2.23. The van der Waals surface area contributed by atoms with Crippen LogP contribution in [0, 0.1) is 11.8 Å². The summed E-state index contributed by atoms with van der Waals surface area (Å²) < 4.78 is 5.71. The molecule has 1 aliphatic carbocycles. The summed E-state index contributed by atoms with van der Waals surface area (Å²) in [6, 6.07) is 5.38. The molecule has 7 heteroatoms. The molecule has 3 rings (SSSR count). The van der Waals surface area contributed by atoms with Gasteiger partial charge in [0.05, 0.1) is 5.02 Å². The van der Waals surface area contributed by atoms with Gasteiger partial charge in [-0.15, -0.1) is 12.4 Å². The zero-order chi connectivity index (χ0) is 15.9. The Labute approximate surface area is 152 Å². The van der Waals surface area contributed by atoms with Gasteiger partial charge < -0.3 is 15.4 Å². The number of benzene rings is 1. The van der Waals surface area contributed by atoms with Crippen molar-refractivity contribution >= 4 is 41.5 Å². The van der Waals surface area contributed by atoms with Gasteiger partial charge in [-0.25, -0.2) is 0 Å². The van der Waals surface area contributed by atoms with E-state index in [-0.39, 0.29) is 24.4 Å². The van der Waals surface area contributed by atoms with E-state index in [4.69, 9.17) is 33.7 Å². The van der Waals surface area contributed by atoms with Crippen LogP contribution in [0.1, 0.15) is 19.8 Å². The van der Waals surface area contributed by atoms with E-state index in [1.165, 1.54) is 0 Å². The van der Waals surface area contributed by atoms with Crippen molar-refractivity contribution < 1.29 is 9.53 Å². The second kappa shape index (κ2) is 7.47. The molecule has 0 aromatic heterocycles. The summed E-state index contributed by atoms with van der Waals surface area (Å²) in [5.41, 5.74) is 6.12. The molecule has 128 valence electrons. The quantitative estimate of drug-likeness (QED) is 0.876. The highest BCUT2D eigenvalue weighted by atomic mass is 35.5. The first-order chi connectivity index (χ1) is 10.5. The zero-order valence-electron chi connectivity index (χ0n) is 12.9. The topological polar surface area (TPSA) is 55.6 Å². The van der Waals surface area contributed by atoms with Crippen molar-refractivity contribution in [3.8, 4) is 5.75 Å². The molecule has 2 fully saturated rings. The van der Waals surface area contributed by atoms with E-state index in [2.05, 4.69) is 0 Å². The highest BCUT2D eigenvalue weighted by molar-refractivity contribution is 6.42. The van der Waals surface area contributed by atoms with Crippen molar-refractivity contribution in [3.05, 3.63) is 28.2 Å². The van der Waals surface area contributed by atoms with Gasteiger partial charge in [0.15, 0.2) is 6.10 Å². The minimum atomic E-state index is -0.592. The summed E-state index contributed by atoms with van der Waals surface area (Å²) in [7, 11) is 0. The minimum absolute atomic E-state index is 0. The van der Waals surface area contributed by atoms with Gasteiger partial charge in [-0.05, 0) is 43.7 Å². The second-order valence-electron chi connectivity index (χ2n) is 6.22. The molecule has 1 saturated heterocycles. The van der Waals surface area contributed by atoms with Crippen LogP contribution >= 0.6 is 35.6 Å². The van der Waals surface area contributed by atoms with E-state index >= 15 is 0 Å². The van der Waals surface area contributed by atoms with E-state index in [1.54, 1.807) is 25.1 Å². The number of ether oxygens (including phenoxy) is 1. The van der Waals surface area contributed by atoms with Gasteiger partial charge >= 0.3 is 0 Å². The first-order valence-corrected chi connectivity index (χ1v) is 8.38. The maximum Gasteiger partial charge on any atom is 0.263 e. The number of hydrogen-bond donors (Lipinski definition) is 1. The van der Waals surface area contributed by atoms with Gasteiger partial charge in [-0.2, -0.15) is 0 Å². The first-order valence-electron chi connectivity index (χ1n) is 7.62. The lowest BCUT2D eigenvalue weighted by atomic mass is 9.98. The molecule has 0 radical (unpaired) electrons. The van der Waals surface area contributed by atoms with Crippen molar-refractivity contribution in [3.63, 3.8) is 0 Å². The number of likely N-dealkylation sites (tertiary alicyclic amines) is 1.